The molecule has 0 saturated carbocycles. The van der Waals surface area contributed by atoms with Crippen molar-refractivity contribution in [1.29, 1.82) is 0 Å². The zero-order valence-electron chi connectivity index (χ0n) is 24.4. The molecule has 1 fully saturated rings. The van der Waals surface area contributed by atoms with E-state index in [4.69, 9.17) is 25.2 Å². The fraction of sp³-hybridized carbons (Fsp3) is 0.176. The minimum absolute atomic E-state index is 0.558. The van der Waals surface area contributed by atoms with Gasteiger partial charge in [0.1, 0.15) is 11.5 Å². The molecular formula is C34H34N2O9. The predicted octanol–water partition coefficient (Wildman–Crippen LogP) is 4.57. The van der Waals surface area contributed by atoms with Gasteiger partial charge in [-0.25, -0.2) is 19.2 Å². The number of carboxylic acids is 4. The highest BCUT2D eigenvalue weighted by Gasteiger charge is 2.21. The second kappa shape index (κ2) is 17.6. The summed E-state index contributed by atoms with van der Waals surface area (Å²) in [7, 11) is 0. The van der Waals surface area contributed by atoms with Crippen LogP contribution >= 0.6 is 0 Å². The monoisotopic (exact) mass is 614 g/mol. The van der Waals surface area contributed by atoms with Gasteiger partial charge in [0.25, 0.3) is 0 Å². The van der Waals surface area contributed by atoms with Crippen LogP contribution < -0.4 is 4.74 Å². The minimum atomic E-state index is -1.26. The van der Waals surface area contributed by atoms with Gasteiger partial charge in [-0.15, -0.1) is 0 Å². The van der Waals surface area contributed by atoms with Gasteiger partial charge in [0, 0.05) is 74.7 Å². The SMILES string of the molecule is C1=C(CN2CCN(Cc3ccccc3)CC2)c2ccccc2Oc2ccccc21.O=C(O)/C=C\C(=O)O.O=C(O)/C=C\C(=O)O. The predicted molar refractivity (Wildman–Crippen MR) is 168 cm³/mol. The smallest absolute Gasteiger partial charge is 0.328 e. The molecule has 45 heavy (non-hydrogen) atoms. The number of fused-ring (bicyclic) bond motifs is 2. The Kier molecular flexibility index (Phi) is 13.3. The van der Waals surface area contributed by atoms with Gasteiger partial charge >= 0.3 is 23.9 Å². The molecule has 0 amide bonds. The molecule has 2 aliphatic heterocycles. The Bertz CT molecular complexity index is 1490. The molecule has 11 nitrogen and oxygen atoms in total. The third-order valence-electron chi connectivity index (χ3n) is 6.55. The van der Waals surface area contributed by atoms with E-state index in [9.17, 15) is 19.2 Å². The molecule has 1 saturated heterocycles. The van der Waals surface area contributed by atoms with Gasteiger partial charge in [0.2, 0.25) is 0 Å². The highest BCUT2D eigenvalue weighted by Crippen LogP contribution is 2.38. The number of hydrogen-bond acceptors (Lipinski definition) is 7. The van der Waals surface area contributed by atoms with Crippen molar-refractivity contribution in [2.75, 3.05) is 32.7 Å². The van der Waals surface area contributed by atoms with E-state index in [1.54, 1.807) is 0 Å². The summed E-state index contributed by atoms with van der Waals surface area (Å²) in [6.45, 7) is 6.40. The Labute approximate surface area is 260 Å². The van der Waals surface area contributed by atoms with Gasteiger partial charge in [0.05, 0.1) is 0 Å². The van der Waals surface area contributed by atoms with Crippen LogP contribution in [-0.4, -0.2) is 86.8 Å². The lowest BCUT2D eigenvalue weighted by Crippen LogP contribution is -2.46. The van der Waals surface area contributed by atoms with Crippen molar-refractivity contribution in [3.05, 3.63) is 120 Å². The summed E-state index contributed by atoms with van der Waals surface area (Å²) in [5.74, 6) is -3.14. The molecule has 0 unspecified atom stereocenters. The van der Waals surface area contributed by atoms with Crippen LogP contribution in [0.5, 0.6) is 11.5 Å². The first-order valence-electron chi connectivity index (χ1n) is 13.9. The van der Waals surface area contributed by atoms with Crippen molar-refractivity contribution in [1.82, 2.24) is 9.80 Å². The fourth-order valence-corrected chi connectivity index (χ4v) is 4.50. The highest BCUT2D eigenvalue weighted by atomic mass is 16.5. The molecular weight excluding hydrogens is 580 g/mol. The number of rotatable bonds is 8. The second-order valence-corrected chi connectivity index (χ2v) is 9.86. The molecule has 3 aromatic rings. The number of aliphatic carboxylic acids is 4. The number of nitrogens with zero attached hydrogens (tertiary/aromatic N) is 2. The van der Waals surface area contributed by atoms with E-state index in [0.717, 1.165) is 56.3 Å². The summed E-state index contributed by atoms with van der Waals surface area (Å²) in [6.07, 6.45) is 4.53. The Hall–Kier alpha value is -5.52. The maximum absolute atomic E-state index is 9.55. The van der Waals surface area contributed by atoms with Gasteiger partial charge in [0.15, 0.2) is 0 Å². The Balaban J connectivity index is 0.000000287. The number of ether oxygens (including phenoxy) is 1. The van der Waals surface area contributed by atoms with E-state index in [-0.39, 0.29) is 0 Å². The van der Waals surface area contributed by atoms with Crippen LogP contribution in [0, 0.1) is 0 Å². The fourth-order valence-electron chi connectivity index (χ4n) is 4.50. The number of carboxylic acid groups (broad SMARTS) is 4. The van der Waals surface area contributed by atoms with E-state index < -0.39 is 23.9 Å². The normalized spacial score (nSPS) is 14.3. The van der Waals surface area contributed by atoms with E-state index in [0.29, 0.717) is 24.3 Å². The van der Waals surface area contributed by atoms with E-state index >= 15 is 0 Å². The lowest BCUT2D eigenvalue weighted by Gasteiger charge is -2.35. The Morgan fingerprint density at radius 3 is 1.56 bits per heavy atom. The first kappa shape index (κ1) is 34.0. The minimum Gasteiger partial charge on any atom is -0.478 e. The summed E-state index contributed by atoms with van der Waals surface area (Å²) in [6, 6.07) is 27.5. The molecule has 4 N–H and O–H groups in total. The third-order valence-corrected chi connectivity index (χ3v) is 6.55. The van der Waals surface area contributed by atoms with Crippen LogP contribution in [0.4, 0.5) is 0 Å². The number of benzene rings is 3. The Morgan fingerprint density at radius 1 is 0.578 bits per heavy atom. The molecule has 2 aliphatic rings. The topological polar surface area (TPSA) is 165 Å². The van der Waals surface area contributed by atoms with Gasteiger partial charge in [-0.3, -0.25) is 9.80 Å². The van der Waals surface area contributed by atoms with Crippen molar-refractivity contribution < 1.29 is 44.3 Å². The molecule has 0 spiro atoms. The van der Waals surface area contributed by atoms with E-state index in [1.807, 2.05) is 18.2 Å². The average molecular weight is 615 g/mol. The van der Waals surface area contributed by atoms with Gasteiger partial charge in [-0.1, -0.05) is 66.7 Å². The van der Waals surface area contributed by atoms with Crippen molar-refractivity contribution in [2.45, 2.75) is 6.54 Å². The Morgan fingerprint density at radius 2 is 1.02 bits per heavy atom. The van der Waals surface area contributed by atoms with Crippen LogP contribution in [0.1, 0.15) is 16.7 Å². The lowest BCUT2D eigenvalue weighted by molar-refractivity contribution is -0.134. The first-order chi connectivity index (χ1) is 21.6. The van der Waals surface area contributed by atoms with Crippen molar-refractivity contribution >= 4 is 35.5 Å². The quantitative estimate of drug-likeness (QED) is 0.263. The number of carbonyl (C=O) groups is 4. The van der Waals surface area contributed by atoms with Crippen LogP contribution in [0.3, 0.4) is 0 Å². The van der Waals surface area contributed by atoms with Crippen LogP contribution in [0.15, 0.2) is 103 Å². The maximum atomic E-state index is 9.55. The first-order valence-corrected chi connectivity index (χ1v) is 13.9. The van der Waals surface area contributed by atoms with Gasteiger partial charge in [-0.2, -0.15) is 0 Å². The molecule has 0 bridgehead atoms. The standard InChI is InChI=1S/C26H26N2O.2C4H4O4/c1-2-8-21(9-3-1)19-27-14-16-28(17-15-27)20-23-18-22-10-4-6-12-25(22)29-26-13-7-5-11-24(23)26;2*5-3(6)1-2-4(7)8/h1-13,18H,14-17,19-20H2;2*1-2H,(H,5,6)(H,7,8)/b;2*2-1-. The van der Waals surface area contributed by atoms with Gasteiger partial charge < -0.3 is 25.2 Å². The number of piperazine rings is 1. The van der Waals surface area contributed by atoms with Gasteiger partial charge in [-0.05, 0) is 29.3 Å². The summed E-state index contributed by atoms with van der Waals surface area (Å²) in [5, 5.41) is 31.2. The molecule has 0 radical (unpaired) electrons. The summed E-state index contributed by atoms with van der Waals surface area (Å²) in [5.41, 5.74) is 5.09. The largest absolute Gasteiger partial charge is 0.478 e. The zero-order valence-corrected chi connectivity index (χ0v) is 24.4. The summed E-state index contributed by atoms with van der Waals surface area (Å²) >= 11 is 0. The molecule has 2 heterocycles. The zero-order chi connectivity index (χ0) is 32.6. The highest BCUT2D eigenvalue weighted by molar-refractivity contribution is 5.90. The lowest BCUT2D eigenvalue weighted by atomic mass is 10.0. The summed E-state index contributed by atoms with van der Waals surface area (Å²) < 4.78 is 6.23. The molecule has 5 rings (SSSR count). The van der Waals surface area contributed by atoms with E-state index in [2.05, 4.69) is 76.5 Å². The molecule has 3 aromatic carbocycles. The second-order valence-electron chi connectivity index (χ2n) is 9.86. The van der Waals surface area contributed by atoms with Crippen molar-refractivity contribution in [3.63, 3.8) is 0 Å². The van der Waals surface area contributed by atoms with Crippen LogP contribution in [0.2, 0.25) is 0 Å². The van der Waals surface area contributed by atoms with E-state index in [1.165, 1.54) is 16.7 Å². The maximum Gasteiger partial charge on any atom is 0.328 e. The van der Waals surface area contributed by atoms with Crippen molar-refractivity contribution in [3.8, 4) is 11.5 Å². The number of hydrogen-bond donors (Lipinski definition) is 4. The summed E-state index contributed by atoms with van der Waals surface area (Å²) in [4.78, 5) is 43.3. The molecule has 0 aromatic heterocycles. The molecule has 0 aliphatic carbocycles. The molecule has 234 valence electrons. The number of para-hydroxylation sites is 2. The van der Waals surface area contributed by atoms with Crippen LogP contribution in [0.25, 0.3) is 11.6 Å². The average Bonchev–Trinajstić information content (AvgIpc) is 3.17. The molecule has 11 heteroatoms. The van der Waals surface area contributed by atoms with Crippen LogP contribution in [-0.2, 0) is 25.7 Å². The third kappa shape index (κ3) is 12.3. The molecule has 0 atom stereocenters. The van der Waals surface area contributed by atoms with Crippen molar-refractivity contribution in [2.24, 2.45) is 0 Å².